The van der Waals surface area contributed by atoms with E-state index in [1.165, 1.54) is 29.8 Å². The van der Waals surface area contributed by atoms with Gasteiger partial charge in [0.2, 0.25) is 5.13 Å². The number of alkyl halides is 3. The number of benzene rings is 1. The number of aromatic nitrogens is 3. The van der Waals surface area contributed by atoms with Gasteiger partial charge in [-0.05, 0) is 18.2 Å². The highest BCUT2D eigenvalue weighted by atomic mass is 35.5. The molecule has 2 aromatic heterocycles. The van der Waals surface area contributed by atoms with E-state index in [4.69, 9.17) is 11.6 Å². The Morgan fingerprint density at radius 1 is 1.24 bits per heavy atom. The van der Waals surface area contributed by atoms with E-state index in [0.29, 0.717) is 15.8 Å². The first-order valence-corrected chi connectivity index (χ1v) is 8.25. The molecule has 1 N–H and O–H groups in total. The third-order valence-electron chi connectivity index (χ3n) is 3.00. The van der Waals surface area contributed by atoms with E-state index >= 15 is 0 Å². The second kappa shape index (κ2) is 7.24. The molecule has 25 heavy (non-hydrogen) atoms. The van der Waals surface area contributed by atoms with Crippen molar-refractivity contribution in [2.24, 2.45) is 5.10 Å². The van der Waals surface area contributed by atoms with Gasteiger partial charge in [0.15, 0.2) is 0 Å². The van der Waals surface area contributed by atoms with Gasteiger partial charge in [-0.3, -0.25) is 10.1 Å². The fourth-order valence-corrected chi connectivity index (χ4v) is 2.74. The molecule has 0 aliphatic heterocycles. The summed E-state index contributed by atoms with van der Waals surface area (Å²) in [6.07, 6.45) is -1.73. The number of halogens is 4. The lowest BCUT2D eigenvalue weighted by molar-refractivity contribution is -0.142. The third-order valence-corrected chi connectivity index (χ3v) is 4.00. The minimum atomic E-state index is -4.31. The van der Waals surface area contributed by atoms with E-state index in [9.17, 15) is 13.2 Å². The molecule has 3 aromatic rings. The van der Waals surface area contributed by atoms with Crippen LogP contribution in [0.1, 0.15) is 5.69 Å². The van der Waals surface area contributed by atoms with Crippen LogP contribution in [-0.2, 0) is 6.54 Å². The van der Waals surface area contributed by atoms with Crippen LogP contribution in [0.5, 0.6) is 0 Å². The summed E-state index contributed by atoms with van der Waals surface area (Å²) < 4.78 is 37.6. The smallest absolute Gasteiger partial charge is 0.263 e. The molecule has 2 heterocycles. The first-order valence-electron chi connectivity index (χ1n) is 7.00. The maximum atomic E-state index is 12.3. The Bertz CT molecular complexity index is 870. The second-order valence-corrected chi connectivity index (χ2v) is 6.26. The van der Waals surface area contributed by atoms with Crippen molar-refractivity contribution in [2.75, 3.05) is 5.43 Å². The molecule has 5 nitrogen and oxygen atoms in total. The largest absolute Gasteiger partial charge is 0.408 e. The fraction of sp³-hybridized carbons (Fsp3) is 0.133. The van der Waals surface area contributed by atoms with Gasteiger partial charge in [0.05, 0.1) is 11.9 Å². The quantitative estimate of drug-likeness (QED) is 0.513. The zero-order chi connectivity index (χ0) is 17.9. The third kappa shape index (κ3) is 5.04. The van der Waals surface area contributed by atoms with E-state index in [1.54, 1.807) is 12.1 Å². The number of hydrazone groups is 1. The Labute approximate surface area is 149 Å². The van der Waals surface area contributed by atoms with Crippen LogP contribution in [0.4, 0.5) is 18.3 Å². The molecule has 0 atom stereocenters. The molecule has 1 aromatic carbocycles. The van der Waals surface area contributed by atoms with Crippen molar-refractivity contribution >= 4 is 34.3 Å². The first-order chi connectivity index (χ1) is 11.9. The van der Waals surface area contributed by atoms with Crippen LogP contribution in [0.15, 0.2) is 47.0 Å². The zero-order valence-electron chi connectivity index (χ0n) is 12.5. The van der Waals surface area contributed by atoms with Crippen molar-refractivity contribution in [1.82, 2.24) is 14.8 Å². The summed E-state index contributed by atoms with van der Waals surface area (Å²) in [6.45, 7) is -1.13. The molecule has 0 fully saturated rings. The lowest BCUT2D eigenvalue weighted by atomic mass is 10.2. The van der Waals surface area contributed by atoms with Crippen LogP contribution in [0.25, 0.3) is 11.3 Å². The predicted octanol–water partition coefficient (Wildman–Crippen LogP) is 4.67. The molecule has 0 saturated heterocycles. The molecule has 0 aliphatic rings. The average Bonchev–Trinajstić information content (AvgIpc) is 3.16. The molecular formula is C15H11ClF3N5S. The van der Waals surface area contributed by atoms with Crippen LogP contribution in [0.3, 0.4) is 0 Å². The van der Waals surface area contributed by atoms with Crippen molar-refractivity contribution in [1.29, 1.82) is 0 Å². The van der Waals surface area contributed by atoms with Gasteiger partial charge >= 0.3 is 6.18 Å². The number of hydrogen-bond acceptors (Lipinski definition) is 5. The topological polar surface area (TPSA) is 55.1 Å². The Balaban J connectivity index is 1.60. The van der Waals surface area contributed by atoms with Crippen LogP contribution < -0.4 is 5.43 Å². The van der Waals surface area contributed by atoms with E-state index in [1.807, 2.05) is 17.5 Å². The van der Waals surface area contributed by atoms with Gasteiger partial charge < -0.3 is 0 Å². The SMILES string of the molecule is FC(F)(F)Cn1ccc(C=NNc2nc(-c3ccc(Cl)cc3)cs2)n1. The molecule has 0 amide bonds. The molecule has 0 spiro atoms. The molecule has 10 heteroatoms. The second-order valence-electron chi connectivity index (χ2n) is 4.97. The summed E-state index contributed by atoms with van der Waals surface area (Å²) in [5.74, 6) is 0. The normalized spacial score (nSPS) is 12.0. The number of anilines is 1. The van der Waals surface area contributed by atoms with E-state index in [-0.39, 0.29) is 0 Å². The molecular weight excluding hydrogens is 375 g/mol. The molecule has 0 saturated carbocycles. The summed E-state index contributed by atoms with van der Waals surface area (Å²) >= 11 is 7.20. The molecule has 3 rings (SSSR count). The standard InChI is InChI=1S/C15H11ClF3N5S/c16-11-3-1-10(2-4-11)13-8-25-14(21-13)22-20-7-12-5-6-24(23-12)9-15(17,18)19/h1-8H,9H2,(H,21,22). The molecule has 0 aliphatic carbocycles. The highest BCUT2D eigenvalue weighted by Gasteiger charge is 2.28. The Morgan fingerprint density at radius 2 is 2.00 bits per heavy atom. The first kappa shape index (κ1) is 17.4. The maximum Gasteiger partial charge on any atom is 0.408 e. The summed E-state index contributed by atoms with van der Waals surface area (Å²) in [5.41, 5.74) is 4.73. The van der Waals surface area contributed by atoms with E-state index in [2.05, 4.69) is 20.6 Å². The summed E-state index contributed by atoms with van der Waals surface area (Å²) in [5, 5.41) is 10.8. The monoisotopic (exact) mass is 385 g/mol. The molecule has 0 unspecified atom stereocenters. The number of nitrogens with zero attached hydrogens (tertiary/aromatic N) is 4. The zero-order valence-corrected chi connectivity index (χ0v) is 14.1. The molecule has 0 bridgehead atoms. The van der Waals surface area contributed by atoms with Crippen LogP contribution in [-0.4, -0.2) is 27.2 Å². The van der Waals surface area contributed by atoms with E-state index < -0.39 is 12.7 Å². The number of rotatable bonds is 5. The Kier molecular flexibility index (Phi) is 5.05. The van der Waals surface area contributed by atoms with Crippen LogP contribution in [0, 0.1) is 0 Å². The van der Waals surface area contributed by atoms with Crippen LogP contribution >= 0.6 is 22.9 Å². The number of hydrogen-bond donors (Lipinski definition) is 1. The minimum absolute atomic E-state index is 0.311. The average molecular weight is 386 g/mol. The predicted molar refractivity (Wildman–Crippen MR) is 92.1 cm³/mol. The molecule has 0 radical (unpaired) electrons. The van der Waals surface area contributed by atoms with Gasteiger partial charge in [0.25, 0.3) is 0 Å². The van der Waals surface area contributed by atoms with Gasteiger partial charge in [-0.25, -0.2) is 4.98 Å². The highest BCUT2D eigenvalue weighted by molar-refractivity contribution is 7.14. The minimum Gasteiger partial charge on any atom is -0.263 e. The lowest BCUT2D eigenvalue weighted by Crippen LogP contribution is -2.18. The maximum absolute atomic E-state index is 12.3. The molecule has 130 valence electrons. The van der Waals surface area contributed by atoms with Crippen molar-refractivity contribution in [3.8, 4) is 11.3 Å². The lowest BCUT2D eigenvalue weighted by Gasteiger charge is -2.04. The Morgan fingerprint density at radius 3 is 2.72 bits per heavy atom. The van der Waals surface area contributed by atoms with Crippen molar-refractivity contribution in [2.45, 2.75) is 12.7 Å². The number of thiazole rings is 1. The highest BCUT2D eigenvalue weighted by Crippen LogP contribution is 2.25. The van der Waals surface area contributed by atoms with Gasteiger partial charge in [0.1, 0.15) is 12.2 Å². The summed E-state index contributed by atoms with van der Waals surface area (Å²) in [4.78, 5) is 4.37. The van der Waals surface area contributed by atoms with Gasteiger partial charge in [-0.2, -0.15) is 23.4 Å². The number of nitrogens with one attached hydrogen (secondary N) is 1. The fourth-order valence-electron chi connectivity index (χ4n) is 1.95. The summed E-state index contributed by atoms with van der Waals surface area (Å²) in [6, 6.07) is 8.71. The van der Waals surface area contributed by atoms with Crippen molar-refractivity contribution in [3.05, 3.63) is 52.6 Å². The van der Waals surface area contributed by atoms with Gasteiger partial charge in [-0.15, -0.1) is 11.3 Å². The van der Waals surface area contributed by atoms with E-state index in [0.717, 1.165) is 15.9 Å². The van der Waals surface area contributed by atoms with Crippen LogP contribution in [0.2, 0.25) is 5.02 Å². The van der Waals surface area contributed by atoms with Gasteiger partial charge in [-0.1, -0.05) is 23.7 Å². The summed E-state index contributed by atoms with van der Waals surface area (Å²) in [7, 11) is 0. The van der Waals surface area contributed by atoms with Crippen molar-refractivity contribution in [3.63, 3.8) is 0 Å². The van der Waals surface area contributed by atoms with Gasteiger partial charge in [0, 0.05) is 22.2 Å². The van der Waals surface area contributed by atoms with Crippen molar-refractivity contribution < 1.29 is 13.2 Å². The Hall–Kier alpha value is -2.39.